The largest absolute Gasteiger partial charge is 0.482 e. The Bertz CT molecular complexity index is 1520. The van der Waals surface area contributed by atoms with Crippen LogP contribution >= 0.6 is 0 Å². The molecule has 8 atom stereocenters. The average molecular weight is 640 g/mol. The minimum atomic E-state index is -1.13. The molecule has 11 heteroatoms. The van der Waals surface area contributed by atoms with Gasteiger partial charge in [0.25, 0.3) is 0 Å². The third kappa shape index (κ3) is 5.94. The van der Waals surface area contributed by atoms with Crippen LogP contribution in [-0.2, 0) is 33.3 Å². The van der Waals surface area contributed by atoms with Crippen LogP contribution in [0.25, 0.3) is 11.3 Å². The van der Waals surface area contributed by atoms with Crippen LogP contribution in [0.2, 0.25) is 0 Å². The number of pyridine rings is 1. The molecule has 2 fully saturated rings. The number of nitrogens with zero attached hydrogens (tertiary/aromatic N) is 1. The van der Waals surface area contributed by atoms with Gasteiger partial charge in [0.1, 0.15) is 47.6 Å². The summed E-state index contributed by atoms with van der Waals surface area (Å²) < 4.78 is 37.0. The first-order valence-electron chi connectivity index (χ1n) is 16.1. The lowest BCUT2D eigenvalue weighted by Crippen LogP contribution is -2.71. The van der Waals surface area contributed by atoms with Gasteiger partial charge in [-0.1, -0.05) is 27.2 Å². The molecule has 0 spiro atoms. The van der Waals surface area contributed by atoms with Gasteiger partial charge in [-0.25, -0.2) is 4.79 Å². The van der Waals surface area contributed by atoms with E-state index in [9.17, 15) is 19.2 Å². The minimum Gasteiger partial charge on any atom is -0.482 e. The van der Waals surface area contributed by atoms with Gasteiger partial charge in [0.15, 0.2) is 0 Å². The molecule has 2 aromatic heterocycles. The van der Waals surface area contributed by atoms with Crippen molar-refractivity contribution in [1.82, 2.24) is 4.98 Å². The second kappa shape index (κ2) is 12.8. The molecule has 11 nitrogen and oxygen atoms in total. The van der Waals surface area contributed by atoms with Crippen LogP contribution in [-0.4, -0.2) is 53.9 Å². The third-order valence-corrected chi connectivity index (χ3v) is 10.5. The molecule has 1 aliphatic heterocycles. The van der Waals surface area contributed by atoms with Gasteiger partial charge in [-0.15, -0.1) is 0 Å². The fourth-order valence-corrected chi connectivity index (χ4v) is 8.53. The Morgan fingerprint density at radius 3 is 2.39 bits per heavy atom. The van der Waals surface area contributed by atoms with Crippen molar-refractivity contribution < 1.29 is 42.5 Å². The normalized spacial score (nSPS) is 33.0. The monoisotopic (exact) mass is 639 g/mol. The number of carbonyl (C=O) groups excluding carboxylic acids is 3. The molecule has 2 aliphatic carbocycles. The summed E-state index contributed by atoms with van der Waals surface area (Å²) in [5.74, 6) is -1.57. The molecule has 2 saturated carbocycles. The van der Waals surface area contributed by atoms with Crippen molar-refractivity contribution in [1.29, 1.82) is 0 Å². The van der Waals surface area contributed by atoms with Gasteiger partial charge in [0.2, 0.25) is 0 Å². The van der Waals surface area contributed by atoms with Gasteiger partial charge >= 0.3 is 23.5 Å². The van der Waals surface area contributed by atoms with E-state index in [4.69, 9.17) is 28.1 Å². The SMILES string of the molecule is CCCCO[C@H]1c2c(cc(-c3cccnc3)oc2=O)O[C@@]2(C)C1[C@@]1(C)CC[C@H](OC(C)=O)C(C)(COC(C)=O)C1C[C@@H]2OC(C)=O. The van der Waals surface area contributed by atoms with E-state index in [-0.39, 0.29) is 18.1 Å². The molecule has 3 unspecified atom stereocenters. The van der Waals surface area contributed by atoms with E-state index >= 15 is 0 Å². The maximum absolute atomic E-state index is 13.9. The van der Waals surface area contributed by atoms with Gasteiger partial charge in [0, 0.05) is 62.7 Å². The number of unbranched alkanes of at least 4 members (excludes halogenated alkanes) is 1. The van der Waals surface area contributed by atoms with E-state index in [0.717, 1.165) is 12.8 Å². The van der Waals surface area contributed by atoms with E-state index in [0.29, 0.717) is 42.9 Å². The molecule has 46 heavy (non-hydrogen) atoms. The van der Waals surface area contributed by atoms with Crippen molar-refractivity contribution in [3.63, 3.8) is 0 Å². The second-order valence-corrected chi connectivity index (χ2v) is 13.6. The third-order valence-electron chi connectivity index (χ3n) is 10.5. The van der Waals surface area contributed by atoms with Crippen molar-refractivity contribution in [3.8, 4) is 17.1 Å². The quantitative estimate of drug-likeness (QED) is 0.193. The molecule has 3 aliphatic rings. The highest BCUT2D eigenvalue weighted by atomic mass is 16.6. The maximum Gasteiger partial charge on any atom is 0.345 e. The second-order valence-electron chi connectivity index (χ2n) is 13.6. The van der Waals surface area contributed by atoms with E-state index in [2.05, 4.69) is 18.8 Å². The van der Waals surface area contributed by atoms with Gasteiger partial charge in [-0.3, -0.25) is 19.4 Å². The lowest BCUT2D eigenvalue weighted by molar-refractivity contribution is -0.275. The first-order chi connectivity index (χ1) is 21.7. The van der Waals surface area contributed by atoms with Crippen molar-refractivity contribution >= 4 is 17.9 Å². The standard InChI is InChI=1S/C35H45NO10/c1-8-9-15-41-30-29-25(16-24(45-32(29)40)23-11-10-14-36-18-23)46-35(7)28(44-22(4)39)17-26-33(5,31(30)35)13-12-27(43-21(3)38)34(26,6)19-42-20(2)37/h10-11,14,16,18,26-28,30-31H,8-9,12-13,15,17,19H2,1-7H3/t26?,27-,28-,30-,31?,33-,34?,35+/m0/s1. The smallest absolute Gasteiger partial charge is 0.345 e. The molecular formula is C35H45NO10. The Morgan fingerprint density at radius 1 is 1.04 bits per heavy atom. The molecule has 0 radical (unpaired) electrons. The zero-order valence-electron chi connectivity index (χ0n) is 27.8. The van der Waals surface area contributed by atoms with Crippen LogP contribution < -0.4 is 10.4 Å². The van der Waals surface area contributed by atoms with E-state index in [1.165, 1.54) is 20.8 Å². The number of fused-ring (bicyclic) bond motifs is 4. The molecule has 0 aromatic carbocycles. The molecule has 3 heterocycles. The van der Waals surface area contributed by atoms with Crippen molar-refractivity contribution in [2.75, 3.05) is 13.2 Å². The van der Waals surface area contributed by atoms with Crippen LogP contribution in [0.1, 0.15) is 92.2 Å². The lowest BCUT2D eigenvalue weighted by atomic mass is 9.42. The van der Waals surface area contributed by atoms with E-state index in [1.54, 1.807) is 30.6 Å². The number of aromatic nitrogens is 1. The van der Waals surface area contributed by atoms with Crippen LogP contribution in [0, 0.1) is 22.7 Å². The fourth-order valence-electron chi connectivity index (χ4n) is 8.53. The summed E-state index contributed by atoms with van der Waals surface area (Å²) in [7, 11) is 0. The summed E-state index contributed by atoms with van der Waals surface area (Å²) >= 11 is 0. The highest BCUT2D eigenvalue weighted by Gasteiger charge is 2.71. The fraction of sp³-hybridized carbons (Fsp3) is 0.629. The summed E-state index contributed by atoms with van der Waals surface area (Å²) in [6.07, 6.45) is 4.19. The average Bonchev–Trinajstić information content (AvgIpc) is 2.98. The van der Waals surface area contributed by atoms with Crippen molar-refractivity contribution in [3.05, 3.63) is 46.6 Å². The number of hydrogen-bond donors (Lipinski definition) is 0. The summed E-state index contributed by atoms with van der Waals surface area (Å²) in [5, 5.41) is 0. The van der Waals surface area contributed by atoms with Gasteiger partial charge in [-0.05, 0) is 56.1 Å². The minimum absolute atomic E-state index is 0.00776. The highest BCUT2D eigenvalue weighted by molar-refractivity contribution is 5.67. The molecule has 0 saturated heterocycles. The summed E-state index contributed by atoms with van der Waals surface area (Å²) in [4.78, 5) is 55.1. The van der Waals surface area contributed by atoms with E-state index in [1.807, 2.05) is 13.8 Å². The van der Waals surface area contributed by atoms with Crippen molar-refractivity contribution in [2.24, 2.45) is 22.7 Å². The highest BCUT2D eigenvalue weighted by Crippen LogP contribution is 2.68. The number of rotatable bonds is 9. The number of carbonyl (C=O) groups is 3. The van der Waals surface area contributed by atoms with Crippen LogP contribution in [0.5, 0.6) is 5.75 Å². The zero-order chi connectivity index (χ0) is 33.4. The predicted molar refractivity (Wildman–Crippen MR) is 166 cm³/mol. The first-order valence-corrected chi connectivity index (χ1v) is 16.1. The molecular weight excluding hydrogens is 594 g/mol. The maximum atomic E-state index is 13.9. The Morgan fingerprint density at radius 2 is 1.76 bits per heavy atom. The Balaban J connectivity index is 1.71. The van der Waals surface area contributed by atoms with Gasteiger partial charge in [-0.2, -0.15) is 0 Å². The summed E-state index contributed by atoms with van der Waals surface area (Å²) in [6.45, 7) is 12.5. The number of ether oxygens (including phenoxy) is 5. The topological polar surface area (TPSA) is 140 Å². The Hall–Kier alpha value is -3.73. The number of hydrogen-bond acceptors (Lipinski definition) is 11. The Labute approximate surface area is 269 Å². The van der Waals surface area contributed by atoms with Gasteiger partial charge < -0.3 is 28.1 Å². The molecule has 2 aromatic rings. The van der Waals surface area contributed by atoms with Crippen LogP contribution in [0.15, 0.2) is 39.8 Å². The predicted octanol–water partition coefficient (Wildman–Crippen LogP) is 5.58. The zero-order valence-corrected chi connectivity index (χ0v) is 27.8. The van der Waals surface area contributed by atoms with Crippen molar-refractivity contribution in [2.45, 2.75) is 104 Å². The Kier molecular flexibility index (Phi) is 9.37. The van der Waals surface area contributed by atoms with Crippen LogP contribution in [0.3, 0.4) is 0 Å². The van der Waals surface area contributed by atoms with Crippen LogP contribution in [0.4, 0.5) is 0 Å². The first kappa shape index (κ1) is 33.6. The van der Waals surface area contributed by atoms with Gasteiger partial charge in [0.05, 0.1) is 0 Å². The molecule has 0 amide bonds. The molecule has 0 N–H and O–H groups in total. The molecule has 5 rings (SSSR count). The molecule has 250 valence electrons. The number of esters is 3. The lowest BCUT2D eigenvalue weighted by Gasteiger charge is -2.66. The summed E-state index contributed by atoms with van der Waals surface area (Å²) in [5.41, 5.74) is -2.28. The molecule has 0 bridgehead atoms. The summed E-state index contributed by atoms with van der Waals surface area (Å²) in [6, 6.07) is 5.23. The van der Waals surface area contributed by atoms with E-state index < -0.39 is 64.2 Å².